The molecule has 8 heteroatoms. The van der Waals surface area contributed by atoms with Crippen molar-refractivity contribution in [2.75, 3.05) is 24.7 Å². The van der Waals surface area contributed by atoms with Gasteiger partial charge in [-0.1, -0.05) is 12.1 Å². The van der Waals surface area contributed by atoms with Crippen LogP contribution in [0.15, 0.2) is 24.3 Å². The zero-order chi connectivity index (χ0) is 16.9. The first-order valence-electron chi connectivity index (χ1n) is 7.30. The lowest BCUT2D eigenvalue weighted by molar-refractivity contribution is -0.124. The van der Waals surface area contributed by atoms with Gasteiger partial charge in [0.25, 0.3) is 5.91 Å². The molecule has 0 radical (unpaired) electrons. The van der Waals surface area contributed by atoms with Crippen LogP contribution in [0.25, 0.3) is 0 Å². The lowest BCUT2D eigenvalue weighted by Gasteiger charge is -2.12. The zero-order valence-corrected chi connectivity index (χ0v) is 13.6. The summed E-state index contributed by atoms with van der Waals surface area (Å²) in [5, 5.41) is 2.55. The largest absolute Gasteiger partial charge is 0.493 e. The molecule has 2 rings (SSSR count). The van der Waals surface area contributed by atoms with Crippen LogP contribution in [-0.4, -0.2) is 51.1 Å². The van der Waals surface area contributed by atoms with E-state index in [2.05, 4.69) is 5.32 Å². The minimum Gasteiger partial charge on any atom is -0.493 e. The van der Waals surface area contributed by atoms with Gasteiger partial charge in [0.15, 0.2) is 16.4 Å². The van der Waals surface area contributed by atoms with Gasteiger partial charge in [-0.2, -0.15) is 0 Å². The molecule has 1 fully saturated rings. The summed E-state index contributed by atoms with van der Waals surface area (Å²) in [4.78, 5) is 23.7. The molecule has 1 aromatic rings. The Hall–Kier alpha value is -2.09. The smallest absolute Gasteiger partial charge is 0.342 e. The number of ether oxygens (including phenoxy) is 2. The van der Waals surface area contributed by atoms with Crippen LogP contribution in [0.1, 0.15) is 23.7 Å². The van der Waals surface area contributed by atoms with Crippen LogP contribution in [0.2, 0.25) is 0 Å². The number of para-hydroxylation sites is 1. The fourth-order valence-corrected chi connectivity index (χ4v) is 3.98. The maximum absolute atomic E-state index is 12.0. The number of amides is 1. The molecule has 1 amide bonds. The predicted molar refractivity (Wildman–Crippen MR) is 83.1 cm³/mol. The Kier molecular flexibility index (Phi) is 5.59. The van der Waals surface area contributed by atoms with Gasteiger partial charge < -0.3 is 14.8 Å². The summed E-state index contributed by atoms with van der Waals surface area (Å²) >= 11 is 0. The molecule has 0 aliphatic carbocycles. The van der Waals surface area contributed by atoms with Gasteiger partial charge in [0.05, 0.1) is 18.1 Å². The van der Waals surface area contributed by atoms with Crippen LogP contribution in [0.3, 0.4) is 0 Å². The van der Waals surface area contributed by atoms with Crippen molar-refractivity contribution in [3.63, 3.8) is 0 Å². The molecule has 1 N–H and O–H groups in total. The van der Waals surface area contributed by atoms with E-state index < -0.39 is 34.4 Å². The van der Waals surface area contributed by atoms with Crippen molar-refractivity contribution in [2.45, 2.75) is 19.4 Å². The molecule has 1 aliphatic rings. The lowest BCUT2D eigenvalue weighted by Crippen LogP contribution is -2.38. The van der Waals surface area contributed by atoms with Gasteiger partial charge in [-0.15, -0.1) is 0 Å². The molecule has 1 unspecified atom stereocenters. The van der Waals surface area contributed by atoms with E-state index >= 15 is 0 Å². The molecule has 7 nitrogen and oxygen atoms in total. The minimum absolute atomic E-state index is 0.0689. The normalized spacial score (nSPS) is 19.1. The number of rotatable bonds is 6. The number of hydrogen-bond acceptors (Lipinski definition) is 6. The Balaban J connectivity index is 1.86. The van der Waals surface area contributed by atoms with Gasteiger partial charge in [-0.25, -0.2) is 13.2 Å². The van der Waals surface area contributed by atoms with Crippen molar-refractivity contribution in [2.24, 2.45) is 0 Å². The SMILES string of the molecule is CCOc1ccccc1C(=O)OCC(=O)NC1CCS(=O)(=O)C1. The number of benzene rings is 1. The summed E-state index contributed by atoms with van der Waals surface area (Å²) in [7, 11) is -3.07. The van der Waals surface area contributed by atoms with Gasteiger partial charge in [0, 0.05) is 6.04 Å². The molecule has 1 aromatic carbocycles. The monoisotopic (exact) mass is 341 g/mol. The molecule has 1 aliphatic heterocycles. The number of sulfone groups is 1. The number of esters is 1. The predicted octanol–water partition coefficient (Wildman–Crippen LogP) is 0.545. The van der Waals surface area contributed by atoms with Crippen molar-refractivity contribution in [3.8, 4) is 5.75 Å². The summed E-state index contributed by atoms with van der Waals surface area (Å²) < 4.78 is 32.9. The maximum Gasteiger partial charge on any atom is 0.342 e. The Morgan fingerprint density at radius 3 is 2.70 bits per heavy atom. The average Bonchev–Trinajstić information content (AvgIpc) is 2.84. The second kappa shape index (κ2) is 7.45. The van der Waals surface area contributed by atoms with E-state index in [0.717, 1.165) is 0 Å². The Bertz CT molecular complexity index is 685. The van der Waals surface area contributed by atoms with Crippen LogP contribution in [0, 0.1) is 0 Å². The highest BCUT2D eigenvalue weighted by atomic mass is 32.2. The van der Waals surface area contributed by atoms with E-state index in [4.69, 9.17) is 9.47 Å². The molecule has 0 aromatic heterocycles. The highest BCUT2D eigenvalue weighted by Crippen LogP contribution is 2.18. The summed E-state index contributed by atoms with van der Waals surface area (Å²) in [5.41, 5.74) is 0.241. The number of carbonyl (C=O) groups excluding carboxylic acids is 2. The van der Waals surface area contributed by atoms with E-state index in [-0.39, 0.29) is 17.1 Å². The van der Waals surface area contributed by atoms with Gasteiger partial charge in [0.2, 0.25) is 0 Å². The molecular formula is C15H19NO6S. The van der Waals surface area contributed by atoms with Crippen molar-refractivity contribution in [3.05, 3.63) is 29.8 Å². The Morgan fingerprint density at radius 1 is 1.30 bits per heavy atom. The molecule has 1 heterocycles. The van der Waals surface area contributed by atoms with Crippen molar-refractivity contribution < 1.29 is 27.5 Å². The standard InChI is InChI=1S/C15H19NO6S/c1-2-21-13-6-4-3-5-12(13)15(18)22-9-14(17)16-11-7-8-23(19,20)10-11/h3-6,11H,2,7-10H2,1H3,(H,16,17). The second-order valence-corrected chi connectivity index (χ2v) is 7.40. The van der Waals surface area contributed by atoms with E-state index in [9.17, 15) is 18.0 Å². The van der Waals surface area contributed by atoms with Crippen LogP contribution in [0.5, 0.6) is 5.75 Å². The van der Waals surface area contributed by atoms with Gasteiger partial charge in [-0.05, 0) is 25.5 Å². The van der Waals surface area contributed by atoms with Crippen LogP contribution in [0.4, 0.5) is 0 Å². The van der Waals surface area contributed by atoms with Crippen LogP contribution >= 0.6 is 0 Å². The molecular weight excluding hydrogens is 322 g/mol. The third-order valence-corrected chi connectivity index (χ3v) is 5.11. The first-order valence-corrected chi connectivity index (χ1v) is 9.12. The van der Waals surface area contributed by atoms with Crippen molar-refractivity contribution in [1.29, 1.82) is 0 Å². The molecule has 0 saturated carbocycles. The fourth-order valence-electron chi connectivity index (χ4n) is 2.30. The molecule has 0 bridgehead atoms. The highest BCUT2D eigenvalue weighted by Gasteiger charge is 2.29. The van der Waals surface area contributed by atoms with Crippen LogP contribution in [-0.2, 0) is 19.4 Å². The summed E-state index contributed by atoms with van der Waals surface area (Å²) in [5.74, 6) is -0.792. The van der Waals surface area contributed by atoms with Gasteiger partial charge in [0.1, 0.15) is 11.3 Å². The summed E-state index contributed by atoms with van der Waals surface area (Å²) in [6.45, 7) is 1.74. The van der Waals surface area contributed by atoms with E-state index in [1.54, 1.807) is 31.2 Å². The van der Waals surface area contributed by atoms with Crippen molar-refractivity contribution >= 4 is 21.7 Å². The first-order chi connectivity index (χ1) is 10.9. The molecule has 1 saturated heterocycles. The Labute approximate surface area is 134 Å². The number of carbonyl (C=O) groups is 2. The first kappa shape index (κ1) is 17.3. The van der Waals surface area contributed by atoms with E-state index in [0.29, 0.717) is 18.8 Å². The third-order valence-electron chi connectivity index (χ3n) is 3.34. The third kappa shape index (κ3) is 4.95. The maximum atomic E-state index is 12.0. The summed E-state index contributed by atoms with van der Waals surface area (Å²) in [6, 6.07) is 6.18. The Morgan fingerprint density at radius 2 is 2.04 bits per heavy atom. The fraction of sp³-hybridized carbons (Fsp3) is 0.467. The van der Waals surface area contributed by atoms with Gasteiger partial charge >= 0.3 is 5.97 Å². The quantitative estimate of drug-likeness (QED) is 0.759. The van der Waals surface area contributed by atoms with E-state index in [1.165, 1.54) is 0 Å². The van der Waals surface area contributed by atoms with Crippen LogP contribution < -0.4 is 10.1 Å². The number of nitrogens with one attached hydrogen (secondary N) is 1. The topological polar surface area (TPSA) is 98.8 Å². The lowest BCUT2D eigenvalue weighted by atomic mass is 10.2. The molecule has 1 atom stereocenters. The van der Waals surface area contributed by atoms with Gasteiger partial charge in [-0.3, -0.25) is 4.79 Å². The highest BCUT2D eigenvalue weighted by molar-refractivity contribution is 7.91. The zero-order valence-electron chi connectivity index (χ0n) is 12.8. The minimum atomic E-state index is -3.07. The summed E-state index contributed by atoms with van der Waals surface area (Å²) in [6.07, 6.45) is 0.384. The molecule has 23 heavy (non-hydrogen) atoms. The number of hydrogen-bond donors (Lipinski definition) is 1. The van der Waals surface area contributed by atoms with Crippen molar-refractivity contribution in [1.82, 2.24) is 5.32 Å². The molecule has 0 spiro atoms. The average molecular weight is 341 g/mol. The molecule has 126 valence electrons. The second-order valence-electron chi connectivity index (χ2n) is 5.17. The van der Waals surface area contributed by atoms with E-state index in [1.807, 2.05) is 0 Å².